The number of aryl methyl sites for hydroxylation is 2. The average Bonchev–Trinajstić information content (AvgIpc) is 3.37. The van der Waals surface area contributed by atoms with Gasteiger partial charge in [-0.2, -0.15) is 5.10 Å². The monoisotopic (exact) mass is 444 g/mol. The number of nitrogens with zero attached hydrogens (tertiary/aromatic N) is 4. The van der Waals surface area contributed by atoms with E-state index in [1.54, 1.807) is 4.68 Å². The van der Waals surface area contributed by atoms with Gasteiger partial charge in [0.1, 0.15) is 11.4 Å². The summed E-state index contributed by atoms with van der Waals surface area (Å²) < 4.78 is 7.99. The topological polar surface area (TPSA) is 50.6 Å². The van der Waals surface area contributed by atoms with Crippen molar-refractivity contribution in [2.24, 2.45) is 5.92 Å². The number of hydrogen-bond acceptors (Lipinski definition) is 4. The Kier molecular flexibility index (Phi) is 6.87. The van der Waals surface area contributed by atoms with Gasteiger partial charge in [0.05, 0.1) is 16.8 Å². The summed E-state index contributed by atoms with van der Waals surface area (Å²) in [4.78, 5) is 17.1. The van der Waals surface area contributed by atoms with Crippen LogP contribution < -0.4 is 4.74 Å². The summed E-state index contributed by atoms with van der Waals surface area (Å²) in [6.07, 6.45) is 4.59. The molecular formula is C24H33ClN4O2. The number of carbonyl (C=O) groups excluding carboxylic acids is 1. The molecule has 0 spiro atoms. The maximum absolute atomic E-state index is 12.8. The summed E-state index contributed by atoms with van der Waals surface area (Å²) in [6.45, 7) is 8.54. The van der Waals surface area contributed by atoms with E-state index < -0.39 is 0 Å². The highest BCUT2D eigenvalue weighted by atomic mass is 35.5. The Morgan fingerprint density at radius 3 is 2.74 bits per heavy atom. The zero-order valence-electron chi connectivity index (χ0n) is 18.8. The van der Waals surface area contributed by atoms with Crippen molar-refractivity contribution in [3.05, 3.63) is 46.2 Å². The Labute approximate surface area is 190 Å². The van der Waals surface area contributed by atoms with Gasteiger partial charge in [0, 0.05) is 26.7 Å². The first-order valence-corrected chi connectivity index (χ1v) is 11.8. The molecule has 1 aromatic carbocycles. The lowest BCUT2D eigenvalue weighted by Gasteiger charge is -2.37. The van der Waals surface area contributed by atoms with Crippen molar-refractivity contribution < 1.29 is 9.53 Å². The van der Waals surface area contributed by atoms with Gasteiger partial charge < -0.3 is 9.64 Å². The fourth-order valence-electron chi connectivity index (χ4n) is 4.67. The molecule has 1 aliphatic carbocycles. The van der Waals surface area contributed by atoms with Crippen LogP contribution in [0.2, 0.25) is 5.02 Å². The van der Waals surface area contributed by atoms with Crippen LogP contribution in [0.25, 0.3) is 0 Å². The fraction of sp³-hybridized carbons (Fsp3) is 0.583. The summed E-state index contributed by atoms with van der Waals surface area (Å²) in [6, 6.07) is 7.97. The predicted octanol–water partition coefficient (Wildman–Crippen LogP) is 4.39. The SMILES string of the molecule is CCn1nc(C)cc1C(=O)N(C)CC1CC(Oc2cccc(CN3CCCC3)c2Cl)C1. The van der Waals surface area contributed by atoms with Crippen LogP contribution in [0.1, 0.15) is 54.4 Å². The molecule has 1 aliphatic heterocycles. The number of rotatable bonds is 8. The molecule has 1 saturated carbocycles. The second-order valence-electron chi connectivity index (χ2n) is 8.96. The molecule has 0 atom stereocenters. The molecule has 1 saturated heterocycles. The number of likely N-dealkylation sites (tertiary alicyclic amines) is 1. The minimum absolute atomic E-state index is 0.0319. The van der Waals surface area contributed by atoms with Crippen molar-refractivity contribution in [2.45, 2.75) is 58.7 Å². The second kappa shape index (κ2) is 9.61. The average molecular weight is 445 g/mol. The zero-order chi connectivity index (χ0) is 22.0. The van der Waals surface area contributed by atoms with Crippen LogP contribution in [-0.2, 0) is 13.1 Å². The van der Waals surface area contributed by atoms with Gasteiger partial charge in [0.2, 0.25) is 0 Å². The largest absolute Gasteiger partial charge is 0.489 e. The van der Waals surface area contributed by atoms with Crippen LogP contribution in [0.4, 0.5) is 0 Å². The van der Waals surface area contributed by atoms with Crippen molar-refractivity contribution in [1.29, 1.82) is 0 Å². The van der Waals surface area contributed by atoms with Crippen molar-refractivity contribution in [3.8, 4) is 5.75 Å². The molecule has 4 rings (SSSR count). The van der Waals surface area contributed by atoms with E-state index >= 15 is 0 Å². The van der Waals surface area contributed by atoms with Gasteiger partial charge in [-0.3, -0.25) is 14.4 Å². The van der Waals surface area contributed by atoms with E-state index in [2.05, 4.69) is 16.1 Å². The maximum atomic E-state index is 12.8. The molecule has 2 aliphatic rings. The van der Waals surface area contributed by atoms with Gasteiger partial charge in [-0.05, 0) is 76.2 Å². The highest BCUT2D eigenvalue weighted by Crippen LogP contribution is 2.36. The highest BCUT2D eigenvalue weighted by molar-refractivity contribution is 6.32. The molecule has 0 unspecified atom stereocenters. The molecule has 0 radical (unpaired) electrons. The van der Waals surface area contributed by atoms with Crippen LogP contribution in [-0.4, -0.2) is 58.3 Å². The number of halogens is 1. The van der Waals surface area contributed by atoms with Crippen LogP contribution in [0, 0.1) is 12.8 Å². The second-order valence-corrected chi connectivity index (χ2v) is 9.34. The van der Waals surface area contributed by atoms with Crippen LogP contribution in [0.15, 0.2) is 24.3 Å². The third-order valence-corrected chi connectivity index (χ3v) is 6.85. The molecule has 0 N–H and O–H groups in total. The van der Waals surface area contributed by atoms with Gasteiger partial charge in [0.25, 0.3) is 5.91 Å². The Bertz CT molecular complexity index is 916. The Morgan fingerprint density at radius 1 is 1.29 bits per heavy atom. The standard InChI is InChI=1S/C24H33ClN4O2/c1-4-29-21(12-17(2)26-29)24(30)27(3)15-18-13-20(14-18)31-22-9-7-8-19(23(22)25)16-28-10-5-6-11-28/h7-9,12,18,20H,4-6,10-11,13-16H2,1-3H3. The fourth-order valence-corrected chi connectivity index (χ4v) is 4.91. The molecule has 0 bridgehead atoms. The molecule has 7 heteroatoms. The van der Waals surface area contributed by atoms with E-state index in [0.29, 0.717) is 18.2 Å². The summed E-state index contributed by atoms with van der Waals surface area (Å²) in [7, 11) is 1.87. The molecule has 168 valence electrons. The molecule has 31 heavy (non-hydrogen) atoms. The van der Waals surface area contributed by atoms with Gasteiger partial charge in [-0.25, -0.2) is 0 Å². The minimum atomic E-state index is 0.0319. The first kappa shape index (κ1) is 22.2. The minimum Gasteiger partial charge on any atom is -0.489 e. The van der Waals surface area contributed by atoms with Gasteiger partial charge in [0.15, 0.2) is 0 Å². The van der Waals surface area contributed by atoms with Crippen molar-refractivity contribution in [2.75, 3.05) is 26.7 Å². The molecule has 2 fully saturated rings. The summed E-state index contributed by atoms with van der Waals surface area (Å²) in [5, 5.41) is 5.13. The van der Waals surface area contributed by atoms with E-state index in [1.807, 2.05) is 44.0 Å². The van der Waals surface area contributed by atoms with Gasteiger partial charge in [-0.15, -0.1) is 0 Å². The first-order valence-electron chi connectivity index (χ1n) is 11.4. The molecular weight excluding hydrogens is 412 g/mol. The number of amides is 1. The lowest BCUT2D eigenvalue weighted by molar-refractivity contribution is 0.0414. The molecule has 1 aromatic heterocycles. The number of carbonyl (C=O) groups is 1. The van der Waals surface area contributed by atoms with E-state index in [9.17, 15) is 4.79 Å². The summed E-state index contributed by atoms with van der Waals surface area (Å²) in [5.41, 5.74) is 2.68. The Hall–Kier alpha value is -2.05. The Balaban J connectivity index is 1.28. The predicted molar refractivity (Wildman–Crippen MR) is 123 cm³/mol. The number of benzene rings is 1. The normalized spacial score (nSPS) is 21.2. The number of hydrogen-bond donors (Lipinski definition) is 0. The van der Waals surface area contributed by atoms with E-state index in [0.717, 1.165) is 61.1 Å². The quantitative estimate of drug-likeness (QED) is 0.605. The van der Waals surface area contributed by atoms with Crippen molar-refractivity contribution >= 4 is 17.5 Å². The number of ether oxygens (including phenoxy) is 1. The van der Waals surface area contributed by atoms with Crippen LogP contribution in [0.3, 0.4) is 0 Å². The maximum Gasteiger partial charge on any atom is 0.271 e. The molecule has 6 nitrogen and oxygen atoms in total. The van der Waals surface area contributed by atoms with Gasteiger partial charge >= 0.3 is 0 Å². The summed E-state index contributed by atoms with van der Waals surface area (Å²) >= 11 is 6.66. The third-order valence-electron chi connectivity index (χ3n) is 6.42. The summed E-state index contributed by atoms with van der Waals surface area (Å²) in [5.74, 6) is 1.27. The molecule has 2 heterocycles. The van der Waals surface area contributed by atoms with Crippen LogP contribution in [0.5, 0.6) is 5.75 Å². The molecule has 2 aromatic rings. The number of aromatic nitrogens is 2. The first-order chi connectivity index (χ1) is 14.9. The lowest BCUT2D eigenvalue weighted by Crippen LogP contribution is -2.42. The van der Waals surface area contributed by atoms with Crippen LogP contribution >= 0.6 is 11.6 Å². The van der Waals surface area contributed by atoms with E-state index in [1.165, 1.54) is 12.8 Å². The van der Waals surface area contributed by atoms with Gasteiger partial charge in [-0.1, -0.05) is 23.7 Å². The van der Waals surface area contributed by atoms with Crippen molar-refractivity contribution in [1.82, 2.24) is 19.6 Å². The van der Waals surface area contributed by atoms with E-state index in [4.69, 9.17) is 16.3 Å². The lowest BCUT2D eigenvalue weighted by atomic mass is 9.82. The smallest absolute Gasteiger partial charge is 0.271 e. The highest BCUT2D eigenvalue weighted by Gasteiger charge is 2.33. The zero-order valence-corrected chi connectivity index (χ0v) is 19.6. The molecule has 1 amide bonds. The Morgan fingerprint density at radius 2 is 2.03 bits per heavy atom. The van der Waals surface area contributed by atoms with E-state index in [-0.39, 0.29) is 12.0 Å². The third kappa shape index (κ3) is 5.07. The van der Waals surface area contributed by atoms with Crippen molar-refractivity contribution in [3.63, 3.8) is 0 Å².